The van der Waals surface area contributed by atoms with Crippen LogP contribution in [0.25, 0.3) is 0 Å². The first-order valence-corrected chi connectivity index (χ1v) is 4.39. The lowest BCUT2D eigenvalue weighted by molar-refractivity contribution is 0.192. The van der Waals surface area contributed by atoms with Gasteiger partial charge in [0.15, 0.2) is 0 Å². The van der Waals surface area contributed by atoms with Gasteiger partial charge in [-0.3, -0.25) is 4.90 Å². The summed E-state index contributed by atoms with van der Waals surface area (Å²) < 4.78 is 4.58. The third-order valence-electron chi connectivity index (χ3n) is 1.98. The Hall–Kier alpha value is -0.940. The maximum absolute atomic E-state index is 8.76. The van der Waals surface area contributed by atoms with E-state index in [1.165, 1.54) is 0 Å². The summed E-state index contributed by atoms with van der Waals surface area (Å²) in [6.07, 6.45) is 0. The molecule has 1 rings (SSSR count). The van der Waals surface area contributed by atoms with E-state index in [-0.39, 0.29) is 6.61 Å². The van der Waals surface area contributed by atoms with Crippen LogP contribution in [0.5, 0.6) is 0 Å². The molecule has 0 saturated heterocycles. The number of aliphatic hydroxyl groups excluding tert-OH is 1. The van der Waals surface area contributed by atoms with E-state index in [0.29, 0.717) is 13.1 Å². The number of likely N-dealkylation sites (N-methyl/N-ethyl adjacent to an activating group) is 1. The summed E-state index contributed by atoms with van der Waals surface area (Å²) in [5, 5.41) is 16.2. The highest BCUT2D eigenvalue weighted by Crippen LogP contribution is 2.04. The normalized spacial score (nSPS) is 11.1. The molecule has 0 aliphatic heterocycles. The molecule has 13 heavy (non-hydrogen) atoms. The van der Waals surface area contributed by atoms with Crippen molar-refractivity contribution in [2.45, 2.75) is 20.4 Å². The van der Waals surface area contributed by atoms with Crippen molar-refractivity contribution in [2.24, 2.45) is 0 Å². The molecule has 0 bridgehead atoms. The lowest BCUT2D eigenvalue weighted by Crippen LogP contribution is -2.26. The van der Waals surface area contributed by atoms with Crippen molar-refractivity contribution < 1.29 is 9.74 Å². The zero-order chi connectivity index (χ0) is 9.68. The third kappa shape index (κ3) is 2.78. The van der Waals surface area contributed by atoms with Crippen LogP contribution in [0.4, 0.5) is 0 Å². The highest BCUT2D eigenvalue weighted by molar-refractivity contribution is 5.03. The fourth-order valence-electron chi connectivity index (χ4n) is 1.10. The standard InChI is InChI=1S/C8H15N3O2/c1-3-11(4-5-12)6-8-7(2)9-13-10-8/h12H,3-6H2,1-2H3. The summed E-state index contributed by atoms with van der Waals surface area (Å²) >= 11 is 0. The van der Waals surface area contributed by atoms with Crippen molar-refractivity contribution >= 4 is 0 Å². The number of aryl methyl sites for hydroxylation is 1. The van der Waals surface area contributed by atoms with Crippen molar-refractivity contribution in [3.05, 3.63) is 11.4 Å². The first-order chi connectivity index (χ1) is 6.27. The summed E-state index contributed by atoms with van der Waals surface area (Å²) in [5.74, 6) is 0. The number of nitrogens with zero attached hydrogens (tertiary/aromatic N) is 3. The quantitative estimate of drug-likeness (QED) is 0.709. The highest BCUT2D eigenvalue weighted by atomic mass is 16.6. The van der Waals surface area contributed by atoms with Crippen molar-refractivity contribution in [3.8, 4) is 0 Å². The van der Waals surface area contributed by atoms with Crippen molar-refractivity contribution in [1.82, 2.24) is 15.2 Å². The predicted octanol–water partition coefficient (Wildman–Crippen LogP) is 0.192. The van der Waals surface area contributed by atoms with Gasteiger partial charge < -0.3 is 5.11 Å². The molecule has 0 aromatic carbocycles. The van der Waals surface area contributed by atoms with E-state index >= 15 is 0 Å². The molecular weight excluding hydrogens is 170 g/mol. The Balaban J connectivity index is 2.51. The third-order valence-corrected chi connectivity index (χ3v) is 1.98. The minimum Gasteiger partial charge on any atom is -0.395 e. The van der Waals surface area contributed by atoms with Gasteiger partial charge in [0.25, 0.3) is 0 Å². The number of hydrogen-bond acceptors (Lipinski definition) is 5. The second-order valence-corrected chi connectivity index (χ2v) is 2.89. The Labute approximate surface area is 77.3 Å². The van der Waals surface area contributed by atoms with E-state index in [1.54, 1.807) is 0 Å². The van der Waals surface area contributed by atoms with Crippen molar-refractivity contribution in [3.63, 3.8) is 0 Å². The predicted molar refractivity (Wildman–Crippen MR) is 47.1 cm³/mol. The van der Waals surface area contributed by atoms with Gasteiger partial charge in [-0.2, -0.15) is 0 Å². The second kappa shape index (κ2) is 4.94. The Morgan fingerprint density at radius 3 is 2.69 bits per heavy atom. The first kappa shape index (κ1) is 10.1. The van der Waals surface area contributed by atoms with Gasteiger partial charge >= 0.3 is 0 Å². The molecule has 74 valence electrons. The smallest absolute Gasteiger partial charge is 0.122 e. The molecule has 1 N–H and O–H groups in total. The molecule has 5 heteroatoms. The fourth-order valence-corrected chi connectivity index (χ4v) is 1.10. The summed E-state index contributed by atoms with van der Waals surface area (Å²) in [6, 6.07) is 0. The van der Waals surface area contributed by atoms with Gasteiger partial charge in [-0.15, -0.1) is 0 Å². The van der Waals surface area contributed by atoms with Crippen LogP contribution in [0.1, 0.15) is 18.3 Å². The molecule has 0 radical (unpaired) electrons. The monoisotopic (exact) mass is 185 g/mol. The van der Waals surface area contributed by atoms with Crippen LogP contribution in [-0.4, -0.2) is 40.0 Å². The highest BCUT2D eigenvalue weighted by Gasteiger charge is 2.09. The molecule has 1 heterocycles. The van der Waals surface area contributed by atoms with Crippen LogP contribution in [0, 0.1) is 6.92 Å². The van der Waals surface area contributed by atoms with Crippen molar-refractivity contribution in [2.75, 3.05) is 19.7 Å². The van der Waals surface area contributed by atoms with Crippen LogP contribution in [0.2, 0.25) is 0 Å². The molecule has 0 saturated carbocycles. The maximum atomic E-state index is 8.76. The maximum Gasteiger partial charge on any atom is 0.122 e. The molecule has 1 aromatic heterocycles. The van der Waals surface area contributed by atoms with Gasteiger partial charge in [-0.1, -0.05) is 17.2 Å². The minimum atomic E-state index is 0.165. The summed E-state index contributed by atoms with van der Waals surface area (Å²) in [6.45, 7) is 6.29. The SMILES string of the molecule is CCN(CCO)Cc1nonc1C. The van der Waals surface area contributed by atoms with E-state index in [2.05, 4.69) is 19.8 Å². The number of hydrogen-bond donors (Lipinski definition) is 1. The Bertz CT molecular complexity index is 249. The van der Waals surface area contributed by atoms with E-state index in [1.807, 2.05) is 13.8 Å². The van der Waals surface area contributed by atoms with Crippen LogP contribution >= 0.6 is 0 Å². The minimum absolute atomic E-state index is 0.165. The average molecular weight is 185 g/mol. The van der Waals surface area contributed by atoms with Gasteiger partial charge in [0.2, 0.25) is 0 Å². The van der Waals surface area contributed by atoms with Gasteiger partial charge in [0, 0.05) is 13.1 Å². The molecular formula is C8H15N3O2. The van der Waals surface area contributed by atoms with Crippen LogP contribution in [0.3, 0.4) is 0 Å². The largest absolute Gasteiger partial charge is 0.395 e. The summed E-state index contributed by atoms with van der Waals surface area (Å²) in [5.41, 5.74) is 1.66. The molecule has 0 aliphatic carbocycles. The molecule has 5 nitrogen and oxygen atoms in total. The zero-order valence-electron chi connectivity index (χ0n) is 8.03. The molecule has 0 atom stereocenters. The zero-order valence-corrected chi connectivity index (χ0v) is 8.03. The Morgan fingerprint density at radius 1 is 1.46 bits per heavy atom. The van der Waals surface area contributed by atoms with Gasteiger partial charge in [0.05, 0.1) is 6.61 Å². The second-order valence-electron chi connectivity index (χ2n) is 2.89. The lowest BCUT2D eigenvalue weighted by atomic mass is 10.3. The molecule has 0 aliphatic rings. The summed E-state index contributed by atoms with van der Waals surface area (Å²) in [4.78, 5) is 2.08. The Kier molecular flexibility index (Phi) is 3.85. The first-order valence-electron chi connectivity index (χ1n) is 4.39. The average Bonchev–Trinajstić information content (AvgIpc) is 2.51. The number of aromatic nitrogens is 2. The molecule has 1 aromatic rings. The Morgan fingerprint density at radius 2 is 2.23 bits per heavy atom. The van der Waals surface area contributed by atoms with Crippen LogP contribution in [-0.2, 0) is 6.54 Å². The summed E-state index contributed by atoms with van der Waals surface area (Å²) in [7, 11) is 0. The van der Waals surface area contributed by atoms with E-state index in [9.17, 15) is 0 Å². The molecule has 0 unspecified atom stereocenters. The molecule has 0 amide bonds. The van der Waals surface area contributed by atoms with E-state index in [4.69, 9.17) is 5.11 Å². The van der Waals surface area contributed by atoms with E-state index in [0.717, 1.165) is 17.9 Å². The van der Waals surface area contributed by atoms with Gasteiger partial charge in [0.1, 0.15) is 11.4 Å². The number of rotatable bonds is 5. The topological polar surface area (TPSA) is 62.4 Å². The van der Waals surface area contributed by atoms with Gasteiger partial charge in [-0.25, -0.2) is 4.63 Å². The molecule has 0 spiro atoms. The number of aliphatic hydroxyl groups is 1. The van der Waals surface area contributed by atoms with Crippen LogP contribution in [0.15, 0.2) is 4.63 Å². The van der Waals surface area contributed by atoms with Crippen molar-refractivity contribution in [1.29, 1.82) is 0 Å². The molecule has 0 fully saturated rings. The lowest BCUT2D eigenvalue weighted by Gasteiger charge is -2.16. The van der Waals surface area contributed by atoms with Gasteiger partial charge in [-0.05, 0) is 13.5 Å². The van der Waals surface area contributed by atoms with Crippen LogP contribution < -0.4 is 0 Å². The van der Waals surface area contributed by atoms with E-state index < -0.39 is 0 Å². The fraction of sp³-hybridized carbons (Fsp3) is 0.750.